The number of halogens is 2. The molecule has 0 aliphatic rings. The highest BCUT2D eigenvalue weighted by Crippen LogP contribution is 2.26. The number of hydrogen-bond donors (Lipinski definition) is 1. The van der Waals surface area contributed by atoms with Gasteiger partial charge in [0.05, 0.1) is 7.11 Å². The second kappa shape index (κ2) is 7.00. The molecule has 2 aromatic rings. The van der Waals surface area contributed by atoms with E-state index in [1.807, 2.05) is 29.8 Å². The number of nitrogens with one attached hydrogen (secondary N) is 1. The van der Waals surface area contributed by atoms with Gasteiger partial charge in [-0.15, -0.1) is 0 Å². The maximum absolute atomic E-state index is 12.3. The molecule has 0 atom stereocenters. The van der Waals surface area contributed by atoms with Crippen LogP contribution in [0.5, 0.6) is 5.75 Å². The molecule has 21 heavy (non-hydrogen) atoms. The number of aromatic nitrogens is 1. The van der Waals surface area contributed by atoms with E-state index in [-0.39, 0.29) is 5.91 Å². The first-order valence-electron chi connectivity index (χ1n) is 6.52. The Hall–Kier alpha value is -1.46. The van der Waals surface area contributed by atoms with Gasteiger partial charge in [-0.3, -0.25) is 4.79 Å². The average molecular weight is 372 g/mol. The van der Waals surface area contributed by atoms with Crippen LogP contribution >= 0.6 is 27.5 Å². The number of ether oxygens (including phenoxy) is 1. The molecule has 0 aliphatic carbocycles. The number of carbonyl (C=O) groups excluding carboxylic acids is 1. The van der Waals surface area contributed by atoms with Crippen LogP contribution in [-0.2, 0) is 13.1 Å². The van der Waals surface area contributed by atoms with E-state index in [1.54, 1.807) is 19.2 Å². The average Bonchev–Trinajstić information content (AvgIpc) is 2.86. The van der Waals surface area contributed by atoms with E-state index in [2.05, 4.69) is 21.2 Å². The summed E-state index contributed by atoms with van der Waals surface area (Å²) in [5, 5.41) is 3.44. The zero-order valence-electron chi connectivity index (χ0n) is 11.8. The highest BCUT2D eigenvalue weighted by atomic mass is 79.9. The third-order valence-corrected chi connectivity index (χ3v) is 3.95. The quantitative estimate of drug-likeness (QED) is 0.867. The number of nitrogens with zero attached hydrogens (tertiary/aromatic N) is 1. The Morgan fingerprint density at radius 1 is 1.48 bits per heavy atom. The summed E-state index contributed by atoms with van der Waals surface area (Å²) in [7, 11) is 1.58. The van der Waals surface area contributed by atoms with Crippen LogP contribution in [0.3, 0.4) is 0 Å². The first-order chi connectivity index (χ1) is 10.1. The number of aryl methyl sites for hydroxylation is 1. The smallest absolute Gasteiger partial charge is 0.268 e. The van der Waals surface area contributed by atoms with Gasteiger partial charge in [-0.2, -0.15) is 0 Å². The molecule has 4 nitrogen and oxygen atoms in total. The molecule has 0 unspecified atom stereocenters. The van der Waals surface area contributed by atoms with E-state index in [0.717, 1.165) is 16.6 Å². The molecule has 0 radical (unpaired) electrons. The van der Waals surface area contributed by atoms with Crippen molar-refractivity contribution in [2.45, 2.75) is 20.0 Å². The molecule has 1 aromatic heterocycles. The third kappa shape index (κ3) is 3.60. The Bertz CT molecular complexity index is 655. The monoisotopic (exact) mass is 370 g/mol. The topological polar surface area (TPSA) is 43.3 Å². The Morgan fingerprint density at radius 3 is 2.90 bits per heavy atom. The fourth-order valence-corrected chi connectivity index (χ4v) is 2.78. The van der Waals surface area contributed by atoms with Gasteiger partial charge in [-0.25, -0.2) is 0 Å². The molecule has 2 rings (SSSR count). The van der Waals surface area contributed by atoms with Crippen molar-refractivity contribution in [3.8, 4) is 5.75 Å². The summed E-state index contributed by atoms with van der Waals surface area (Å²) < 4.78 is 8.02. The third-order valence-electron chi connectivity index (χ3n) is 3.16. The molecule has 1 heterocycles. The van der Waals surface area contributed by atoms with E-state index in [4.69, 9.17) is 16.3 Å². The molecule has 1 amide bonds. The van der Waals surface area contributed by atoms with Crippen molar-refractivity contribution >= 4 is 33.4 Å². The summed E-state index contributed by atoms with van der Waals surface area (Å²) in [5.74, 6) is 0.513. The van der Waals surface area contributed by atoms with Gasteiger partial charge in [0.25, 0.3) is 5.91 Å². The van der Waals surface area contributed by atoms with Crippen LogP contribution in [0.2, 0.25) is 5.02 Å². The zero-order valence-corrected chi connectivity index (χ0v) is 14.2. The maximum atomic E-state index is 12.3. The van der Waals surface area contributed by atoms with Crippen molar-refractivity contribution in [1.82, 2.24) is 9.88 Å². The minimum absolute atomic E-state index is 0.149. The predicted molar refractivity (Wildman–Crippen MR) is 87.0 cm³/mol. The first kappa shape index (κ1) is 15.9. The van der Waals surface area contributed by atoms with Gasteiger partial charge in [0.2, 0.25) is 0 Å². The summed E-state index contributed by atoms with van der Waals surface area (Å²) >= 11 is 9.54. The minimum atomic E-state index is -0.149. The van der Waals surface area contributed by atoms with Crippen LogP contribution in [-0.4, -0.2) is 17.6 Å². The van der Waals surface area contributed by atoms with Crippen molar-refractivity contribution < 1.29 is 9.53 Å². The Labute approximate surface area is 137 Å². The number of hydrogen-bond acceptors (Lipinski definition) is 2. The first-order valence-corrected chi connectivity index (χ1v) is 7.69. The van der Waals surface area contributed by atoms with Crippen LogP contribution in [0, 0.1) is 0 Å². The van der Waals surface area contributed by atoms with Crippen molar-refractivity contribution in [1.29, 1.82) is 0 Å². The van der Waals surface area contributed by atoms with Crippen LogP contribution in [0.15, 0.2) is 34.9 Å². The molecule has 0 saturated carbocycles. The standard InChI is InChI=1S/C15H16BrClN2O2/c1-3-19-9-10(16)7-13(19)15(20)18-8-11-12(17)5-4-6-14(11)21-2/h4-7,9H,3,8H2,1-2H3,(H,18,20). The second-order valence-electron chi connectivity index (χ2n) is 4.43. The molecule has 0 saturated heterocycles. The van der Waals surface area contributed by atoms with Gasteiger partial charge in [0.15, 0.2) is 0 Å². The summed E-state index contributed by atoms with van der Waals surface area (Å²) in [4.78, 5) is 12.3. The molecule has 0 spiro atoms. The van der Waals surface area contributed by atoms with Crippen LogP contribution in [0.4, 0.5) is 0 Å². The number of benzene rings is 1. The zero-order chi connectivity index (χ0) is 15.4. The summed E-state index contributed by atoms with van der Waals surface area (Å²) in [6.07, 6.45) is 1.88. The van der Waals surface area contributed by atoms with E-state index < -0.39 is 0 Å². The molecular formula is C15H16BrClN2O2. The summed E-state index contributed by atoms with van der Waals surface area (Å²) in [6, 6.07) is 7.20. The Morgan fingerprint density at radius 2 is 2.24 bits per heavy atom. The van der Waals surface area contributed by atoms with Crippen molar-refractivity contribution in [2.24, 2.45) is 0 Å². The van der Waals surface area contributed by atoms with Crippen molar-refractivity contribution in [3.05, 3.63) is 51.2 Å². The van der Waals surface area contributed by atoms with E-state index >= 15 is 0 Å². The SMILES string of the molecule is CCn1cc(Br)cc1C(=O)NCc1c(Cl)cccc1OC. The molecule has 0 aliphatic heterocycles. The Balaban J connectivity index is 2.15. The van der Waals surface area contributed by atoms with Gasteiger partial charge in [0, 0.05) is 34.3 Å². The van der Waals surface area contributed by atoms with Gasteiger partial charge < -0.3 is 14.6 Å². The predicted octanol–water partition coefficient (Wildman–Crippen LogP) is 3.86. The molecule has 1 aromatic carbocycles. The van der Waals surface area contributed by atoms with E-state index in [1.165, 1.54) is 0 Å². The Kier molecular flexibility index (Phi) is 5.31. The highest BCUT2D eigenvalue weighted by molar-refractivity contribution is 9.10. The normalized spacial score (nSPS) is 10.5. The van der Waals surface area contributed by atoms with Crippen LogP contribution < -0.4 is 10.1 Å². The molecule has 6 heteroatoms. The van der Waals surface area contributed by atoms with Gasteiger partial charge in [-0.1, -0.05) is 17.7 Å². The molecule has 112 valence electrons. The van der Waals surface area contributed by atoms with E-state index in [9.17, 15) is 4.79 Å². The van der Waals surface area contributed by atoms with Crippen molar-refractivity contribution in [3.63, 3.8) is 0 Å². The van der Waals surface area contributed by atoms with E-state index in [0.29, 0.717) is 23.0 Å². The molecule has 0 bridgehead atoms. The fraction of sp³-hybridized carbons (Fsp3) is 0.267. The maximum Gasteiger partial charge on any atom is 0.268 e. The lowest BCUT2D eigenvalue weighted by Gasteiger charge is -2.12. The fourth-order valence-electron chi connectivity index (χ4n) is 2.09. The lowest BCUT2D eigenvalue weighted by Crippen LogP contribution is -2.25. The van der Waals surface area contributed by atoms with Gasteiger partial charge in [-0.05, 0) is 41.1 Å². The summed E-state index contributed by atoms with van der Waals surface area (Å²) in [6.45, 7) is 3.03. The molecule has 0 fully saturated rings. The van der Waals surface area contributed by atoms with Crippen LogP contribution in [0.1, 0.15) is 23.0 Å². The van der Waals surface area contributed by atoms with Gasteiger partial charge >= 0.3 is 0 Å². The number of carbonyl (C=O) groups is 1. The van der Waals surface area contributed by atoms with Gasteiger partial charge in [0.1, 0.15) is 11.4 Å². The number of rotatable bonds is 5. The molecular weight excluding hydrogens is 356 g/mol. The minimum Gasteiger partial charge on any atom is -0.496 e. The highest BCUT2D eigenvalue weighted by Gasteiger charge is 2.14. The summed E-state index contributed by atoms with van der Waals surface area (Å²) in [5.41, 5.74) is 1.37. The van der Waals surface area contributed by atoms with Crippen molar-refractivity contribution in [2.75, 3.05) is 7.11 Å². The van der Waals surface area contributed by atoms with Crippen LogP contribution in [0.25, 0.3) is 0 Å². The second-order valence-corrected chi connectivity index (χ2v) is 5.76. The number of amides is 1. The molecule has 1 N–H and O–H groups in total. The lowest BCUT2D eigenvalue weighted by atomic mass is 10.2. The lowest BCUT2D eigenvalue weighted by molar-refractivity contribution is 0.0941. The number of methoxy groups -OCH3 is 1. The largest absolute Gasteiger partial charge is 0.496 e.